The predicted octanol–water partition coefficient (Wildman–Crippen LogP) is 1.47. The molecule has 27 heavy (non-hydrogen) atoms. The highest BCUT2D eigenvalue weighted by Crippen LogP contribution is 2.15. The van der Waals surface area contributed by atoms with Gasteiger partial charge in [-0.25, -0.2) is 0 Å². The first-order valence-electron chi connectivity index (χ1n) is 8.60. The van der Waals surface area contributed by atoms with Crippen LogP contribution in [0.25, 0.3) is 0 Å². The fourth-order valence-electron chi connectivity index (χ4n) is 2.86. The molecule has 142 valence electrons. The van der Waals surface area contributed by atoms with Crippen LogP contribution in [0.4, 0.5) is 0 Å². The maximum absolute atomic E-state index is 12.6. The van der Waals surface area contributed by atoms with Crippen molar-refractivity contribution < 1.29 is 19.1 Å². The lowest BCUT2D eigenvalue weighted by molar-refractivity contribution is -0.131. The van der Waals surface area contributed by atoms with Crippen molar-refractivity contribution in [1.29, 1.82) is 0 Å². The van der Waals surface area contributed by atoms with Crippen molar-refractivity contribution in [2.75, 3.05) is 39.8 Å². The van der Waals surface area contributed by atoms with E-state index in [1.165, 1.54) is 11.3 Å². The van der Waals surface area contributed by atoms with Crippen LogP contribution >= 0.6 is 11.3 Å². The van der Waals surface area contributed by atoms with Gasteiger partial charge in [0.05, 0.1) is 13.7 Å². The van der Waals surface area contributed by atoms with Crippen LogP contribution in [-0.2, 0) is 4.79 Å². The van der Waals surface area contributed by atoms with Crippen molar-refractivity contribution in [3.8, 4) is 5.75 Å². The SMILES string of the molecule is COc1cccc(C(=O)N2CCN(C(=O)CNC(=O)c3ccsc3)CC2)c1. The molecule has 1 aliphatic rings. The molecule has 1 aromatic carbocycles. The van der Waals surface area contributed by atoms with Gasteiger partial charge in [0.15, 0.2) is 0 Å². The van der Waals surface area contributed by atoms with Crippen molar-refractivity contribution in [3.05, 3.63) is 52.2 Å². The van der Waals surface area contributed by atoms with Gasteiger partial charge >= 0.3 is 0 Å². The minimum absolute atomic E-state index is 0.0431. The van der Waals surface area contributed by atoms with Crippen LogP contribution in [0, 0.1) is 0 Å². The second-order valence-electron chi connectivity index (χ2n) is 6.10. The van der Waals surface area contributed by atoms with E-state index in [1.54, 1.807) is 52.6 Å². The summed E-state index contributed by atoms with van der Waals surface area (Å²) < 4.78 is 5.16. The summed E-state index contributed by atoms with van der Waals surface area (Å²) in [5, 5.41) is 6.19. The zero-order valence-corrected chi connectivity index (χ0v) is 15.8. The Balaban J connectivity index is 1.48. The average molecular weight is 387 g/mol. The Bertz CT molecular complexity index is 814. The standard InChI is InChI=1S/C19H21N3O4S/c1-26-16-4-2-3-14(11-16)19(25)22-8-6-21(7-9-22)17(23)12-20-18(24)15-5-10-27-13-15/h2-5,10-11,13H,6-9,12H2,1H3,(H,20,24). The number of benzene rings is 1. The summed E-state index contributed by atoms with van der Waals surface area (Å²) in [5.74, 6) is 0.159. The first-order valence-corrected chi connectivity index (χ1v) is 9.54. The van der Waals surface area contributed by atoms with Gasteiger partial charge < -0.3 is 19.9 Å². The quantitative estimate of drug-likeness (QED) is 0.843. The fourth-order valence-corrected chi connectivity index (χ4v) is 3.50. The summed E-state index contributed by atoms with van der Waals surface area (Å²) in [7, 11) is 1.56. The molecule has 2 heterocycles. The molecule has 1 fully saturated rings. The highest BCUT2D eigenvalue weighted by atomic mass is 32.1. The van der Waals surface area contributed by atoms with Gasteiger partial charge in [-0.2, -0.15) is 11.3 Å². The number of rotatable bonds is 5. The summed E-state index contributed by atoms with van der Waals surface area (Å²) in [5.41, 5.74) is 1.12. The van der Waals surface area contributed by atoms with Crippen LogP contribution in [-0.4, -0.2) is 67.4 Å². The van der Waals surface area contributed by atoms with E-state index in [2.05, 4.69) is 5.32 Å². The van der Waals surface area contributed by atoms with Crippen LogP contribution in [0.15, 0.2) is 41.1 Å². The smallest absolute Gasteiger partial charge is 0.254 e. The van der Waals surface area contributed by atoms with E-state index in [1.807, 2.05) is 5.38 Å². The molecule has 1 N–H and O–H groups in total. The van der Waals surface area contributed by atoms with E-state index in [-0.39, 0.29) is 24.3 Å². The summed E-state index contributed by atoms with van der Waals surface area (Å²) >= 11 is 1.43. The van der Waals surface area contributed by atoms with E-state index in [4.69, 9.17) is 4.74 Å². The minimum atomic E-state index is -0.253. The molecule has 0 aliphatic carbocycles. The molecule has 0 radical (unpaired) electrons. The Morgan fingerprint density at radius 2 is 1.81 bits per heavy atom. The lowest BCUT2D eigenvalue weighted by atomic mass is 10.1. The number of carbonyl (C=O) groups is 3. The van der Waals surface area contributed by atoms with Gasteiger partial charge in [-0.05, 0) is 29.6 Å². The molecular formula is C19H21N3O4S. The van der Waals surface area contributed by atoms with Gasteiger partial charge in [-0.3, -0.25) is 14.4 Å². The van der Waals surface area contributed by atoms with Crippen LogP contribution in [0.5, 0.6) is 5.75 Å². The zero-order valence-electron chi connectivity index (χ0n) is 15.0. The molecule has 0 atom stereocenters. The normalized spacial score (nSPS) is 14.0. The van der Waals surface area contributed by atoms with Crippen molar-refractivity contribution >= 4 is 29.1 Å². The molecule has 0 saturated carbocycles. The van der Waals surface area contributed by atoms with Crippen LogP contribution < -0.4 is 10.1 Å². The second kappa shape index (κ2) is 8.68. The summed E-state index contributed by atoms with van der Waals surface area (Å²) in [6.07, 6.45) is 0. The molecule has 8 heteroatoms. The monoisotopic (exact) mass is 387 g/mol. The molecule has 3 rings (SSSR count). The number of methoxy groups -OCH3 is 1. The largest absolute Gasteiger partial charge is 0.497 e. The Morgan fingerprint density at radius 1 is 1.07 bits per heavy atom. The summed E-state index contributed by atoms with van der Waals surface area (Å²) in [6, 6.07) is 8.75. The second-order valence-corrected chi connectivity index (χ2v) is 6.88. The van der Waals surface area contributed by atoms with Gasteiger partial charge in [0.1, 0.15) is 5.75 Å². The van der Waals surface area contributed by atoms with Crippen LogP contribution in [0.2, 0.25) is 0 Å². The number of thiophene rings is 1. The van der Waals surface area contributed by atoms with Crippen LogP contribution in [0.3, 0.4) is 0 Å². The molecule has 0 bridgehead atoms. The molecule has 3 amide bonds. The maximum atomic E-state index is 12.6. The average Bonchev–Trinajstić information content (AvgIpc) is 3.26. The molecule has 2 aromatic rings. The Labute approximate surface area is 161 Å². The van der Waals surface area contributed by atoms with E-state index in [9.17, 15) is 14.4 Å². The summed E-state index contributed by atoms with van der Waals surface area (Å²) in [6.45, 7) is 1.77. The van der Waals surface area contributed by atoms with Crippen molar-refractivity contribution in [2.45, 2.75) is 0 Å². The molecule has 1 aliphatic heterocycles. The van der Waals surface area contributed by atoms with E-state index in [0.29, 0.717) is 43.1 Å². The van der Waals surface area contributed by atoms with Crippen LogP contribution in [0.1, 0.15) is 20.7 Å². The number of hydrogen-bond donors (Lipinski definition) is 1. The van der Waals surface area contributed by atoms with Crippen molar-refractivity contribution in [3.63, 3.8) is 0 Å². The zero-order chi connectivity index (χ0) is 19.2. The first-order chi connectivity index (χ1) is 13.1. The molecule has 7 nitrogen and oxygen atoms in total. The van der Waals surface area contributed by atoms with Crippen molar-refractivity contribution in [2.24, 2.45) is 0 Å². The Kier molecular flexibility index (Phi) is 6.08. The summed E-state index contributed by atoms with van der Waals surface area (Å²) in [4.78, 5) is 40.2. The van der Waals surface area contributed by atoms with Gasteiger partial charge in [0, 0.05) is 42.7 Å². The minimum Gasteiger partial charge on any atom is -0.497 e. The van der Waals surface area contributed by atoms with Gasteiger partial charge in [0.2, 0.25) is 5.91 Å². The van der Waals surface area contributed by atoms with Gasteiger partial charge in [-0.15, -0.1) is 0 Å². The lowest BCUT2D eigenvalue weighted by Crippen LogP contribution is -2.52. The molecular weight excluding hydrogens is 366 g/mol. The maximum Gasteiger partial charge on any atom is 0.254 e. The number of nitrogens with zero attached hydrogens (tertiary/aromatic N) is 2. The predicted molar refractivity (Wildman–Crippen MR) is 102 cm³/mol. The fraction of sp³-hybridized carbons (Fsp3) is 0.316. The first kappa shape index (κ1) is 18.9. The van der Waals surface area contributed by atoms with E-state index < -0.39 is 0 Å². The number of nitrogens with one attached hydrogen (secondary N) is 1. The molecule has 0 spiro atoms. The van der Waals surface area contributed by atoms with Crippen molar-refractivity contribution in [1.82, 2.24) is 15.1 Å². The third-order valence-corrected chi connectivity index (χ3v) is 5.10. The third-order valence-electron chi connectivity index (χ3n) is 4.42. The highest BCUT2D eigenvalue weighted by Gasteiger charge is 2.25. The number of carbonyl (C=O) groups excluding carboxylic acids is 3. The van der Waals surface area contributed by atoms with E-state index >= 15 is 0 Å². The van der Waals surface area contributed by atoms with Gasteiger partial charge in [-0.1, -0.05) is 6.07 Å². The molecule has 0 unspecified atom stereocenters. The number of amides is 3. The lowest BCUT2D eigenvalue weighted by Gasteiger charge is -2.35. The Hall–Kier alpha value is -2.87. The Morgan fingerprint density at radius 3 is 2.48 bits per heavy atom. The van der Waals surface area contributed by atoms with E-state index in [0.717, 1.165) is 0 Å². The molecule has 1 aromatic heterocycles. The van der Waals surface area contributed by atoms with Gasteiger partial charge in [0.25, 0.3) is 11.8 Å². The number of piperazine rings is 1. The third kappa shape index (κ3) is 4.65. The highest BCUT2D eigenvalue weighted by molar-refractivity contribution is 7.08. The topological polar surface area (TPSA) is 79.0 Å². The number of hydrogen-bond acceptors (Lipinski definition) is 5. The number of ether oxygens (including phenoxy) is 1. The molecule has 1 saturated heterocycles.